The maximum absolute atomic E-state index is 12.2. The molecule has 1 aromatic carbocycles. The predicted octanol–water partition coefficient (Wildman–Crippen LogP) is 2.76. The Morgan fingerprint density at radius 2 is 1.91 bits per heavy atom. The van der Waals surface area contributed by atoms with Gasteiger partial charge in [0.25, 0.3) is 0 Å². The van der Waals surface area contributed by atoms with Crippen LogP contribution in [0, 0.1) is 11.3 Å². The normalized spacial score (nSPS) is 23.5. The van der Waals surface area contributed by atoms with Crippen LogP contribution in [0.4, 0.5) is 10.5 Å². The highest BCUT2D eigenvalue weighted by molar-refractivity contribution is 5.70. The molecule has 0 aliphatic carbocycles. The van der Waals surface area contributed by atoms with Gasteiger partial charge in [-0.15, -0.1) is 0 Å². The smallest absolute Gasteiger partial charge is 0.410 e. The van der Waals surface area contributed by atoms with Gasteiger partial charge in [-0.1, -0.05) is 0 Å². The Hall–Kier alpha value is -2.22. The van der Waals surface area contributed by atoms with E-state index in [2.05, 4.69) is 11.0 Å². The number of ether oxygens (including phenoxy) is 1. The highest BCUT2D eigenvalue weighted by Gasteiger charge is 2.46. The van der Waals surface area contributed by atoms with Gasteiger partial charge in [-0.2, -0.15) is 5.26 Å². The van der Waals surface area contributed by atoms with E-state index in [0.29, 0.717) is 18.2 Å². The third-order valence-electron chi connectivity index (χ3n) is 4.20. The first kappa shape index (κ1) is 14.7. The van der Waals surface area contributed by atoms with Crippen molar-refractivity contribution in [1.82, 2.24) is 4.90 Å². The summed E-state index contributed by atoms with van der Waals surface area (Å²) in [6, 6.07) is 10.3. The Balaban J connectivity index is 1.66. The molecule has 2 fully saturated rings. The van der Waals surface area contributed by atoms with Crippen LogP contribution in [0.5, 0.6) is 0 Å². The van der Waals surface area contributed by atoms with Gasteiger partial charge in [0.2, 0.25) is 0 Å². The Kier molecular flexibility index (Phi) is 3.48. The summed E-state index contributed by atoms with van der Waals surface area (Å²) in [6.45, 7) is 7.21. The van der Waals surface area contributed by atoms with Crippen LogP contribution in [-0.4, -0.2) is 41.8 Å². The van der Waals surface area contributed by atoms with Crippen molar-refractivity contribution in [3.63, 3.8) is 0 Å². The van der Waals surface area contributed by atoms with E-state index in [4.69, 9.17) is 10.00 Å². The molecule has 3 rings (SSSR count). The van der Waals surface area contributed by atoms with Gasteiger partial charge < -0.3 is 14.5 Å². The average Bonchev–Trinajstić information content (AvgIpc) is 3.05. The summed E-state index contributed by atoms with van der Waals surface area (Å²) in [7, 11) is 0. The van der Waals surface area contributed by atoms with Crippen molar-refractivity contribution in [2.24, 2.45) is 0 Å². The van der Waals surface area contributed by atoms with Crippen molar-refractivity contribution < 1.29 is 9.53 Å². The molecule has 5 nitrogen and oxygen atoms in total. The zero-order valence-corrected chi connectivity index (χ0v) is 13.2. The number of anilines is 1. The molecule has 0 N–H and O–H groups in total. The van der Waals surface area contributed by atoms with Crippen LogP contribution >= 0.6 is 0 Å². The van der Waals surface area contributed by atoms with Crippen molar-refractivity contribution >= 4 is 11.8 Å². The van der Waals surface area contributed by atoms with Crippen molar-refractivity contribution in [2.75, 3.05) is 18.0 Å². The van der Waals surface area contributed by atoms with E-state index in [1.54, 1.807) is 0 Å². The predicted molar refractivity (Wildman–Crippen MR) is 83.6 cm³/mol. The highest BCUT2D eigenvalue weighted by Crippen LogP contribution is 2.35. The maximum atomic E-state index is 12.2. The maximum Gasteiger partial charge on any atom is 0.410 e. The average molecular weight is 299 g/mol. The SMILES string of the molecule is CC(C)(C)OC(=O)N1C[C@@H]2C[C@H]1CN2c1ccc(C#N)cc1. The Bertz CT molecular complexity index is 612. The summed E-state index contributed by atoms with van der Waals surface area (Å²) >= 11 is 0. The zero-order chi connectivity index (χ0) is 15.9. The third kappa shape index (κ3) is 2.74. The first-order chi connectivity index (χ1) is 10.4. The zero-order valence-electron chi connectivity index (χ0n) is 13.2. The number of nitriles is 1. The lowest BCUT2D eigenvalue weighted by atomic mass is 10.2. The van der Waals surface area contributed by atoms with E-state index in [9.17, 15) is 4.79 Å². The minimum Gasteiger partial charge on any atom is -0.444 e. The number of piperazine rings is 1. The Labute approximate surface area is 131 Å². The van der Waals surface area contributed by atoms with Crippen LogP contribution < -0.4 is 4.90 Å². The second-order valence-electron chi connectivity index (χ2n) is 6.99. The first-order valence-electron chi connectivity index (χ1n) is 7.64. The molecule has 0 spiro atoms. The summed E-state index contributed by atoms with van der Waals surface area (Å²) < 4.78 is 5.48. The molecular formula is C17H21N3O2. The molecule has 22 heavy (non-hydrogen) atoms. The van der Waals surface area contributed by atoms with E-state index in [1.807, 2.05) is 49.9 Å². The monoisotopic (exact) mass is 299 g/mol. The fourth-order valence-electron chi connectivity index (χ4n) is 3.25. The van der Waals surface area contributed by atoms with E-state index in [-0.39, 0.29) is 12.1 Å². The molecule has 116 valence electrons. The quantitative estimate of drug-likeness (QED) is 0.800. The van der Waals surface area contributed by atoms with Gasteiger partial charge in [0.05, 0.1) is 17.7 Å². The van der Waals surface area contributed by atoms with E-state index >= 15 is 0 Å². The fraction of sp³-hybridized carbons (Fsp3) is 0.529. The lowest BCUT2D eigenvalue weighted by Gasteiger charge is -2.36. The number of fused-ring (bicyclic) bond motifs is 2. The van der Waals surface area contributed by atoms with Crippen molar-refractivity contribution in [1.29, 1.82) is 5.26 Å². The van der Waals surface area contributed by atoms with Gasteiger partial charge >= 0.3 is 6.09 Å². The van der Waals surface area contributed by atoms with Crippen LogP contribution in [0.2, 0.25) is 0 Å². The molecule has 5 heteroatoms. The summed E-state index contributed by atoms with van der Waals surface area (Å²) in [4.78, 5) is 16.4. The Morgan fingerprint density at radius 1 is 1.23 bits per heavy atom. The van der Waals surface area contributed by atoms with E-state index in [1.165, 1.54) is 0 Å². The molecule has 0 saturated carbocycles. The molecule has 2 atom stereocenters. The van der Waals surface area contributed by atoms with Crippen LogP contribution in [-0.2, 0) is 4.74 Å². The number of benzene rings is 1. The van der Waals surface area contributed by atoms with Crippen LogP contribution in [0.1, 0.15) is 32.8 Å². The number of carbonyl (C=O) groups excluding carboxylic acids is 1. The van der Waals surface area contributed by atoms with Crippen LogP contribution in [0.15, 0.2) is 24.3 Å². The molecule has 0 aromatic heterocycles. The van der Waals surface area contributed by atoms with Crippen molar-refractivity contribution in [2.45, 2.75) is 44.9 Å². The van der Waals surface area contributed by atoms with E-state index < -0.39 is 5.60 Å². The molecule has 0 unspecified atom stereocenters. The van der Waals surface area contributed by atoms with Crippen molar-refractivity contribution in [3.05, 3.63) is 29.8 Å². The standard InChI is InChI=1S/C17H21N3O2/c1-17(2,3)22-16(21)20-11-14-8-15(20)10-19(14)13-6-4-12(9-18)5-7-13/h4-7,14-15H,8,10-11H2,1-3H3/t14-,15-/m0/s1. The second-order valence-corrected chi connectivity index (χ2v) is 6.99. The number of nitrogens with zero attached hydrogens (tertiary/aromatic N) is 3. The van der Waals surface area contributed by atoms with Gasteiger partial charge in [0.15, 0.2) is 0 Å². The molecule has 2 aliphatic heterocycles. The Morgan fingerprint density at radius 3 is 2.41 bits per heavy atom. The largest absolute Gasteiger partial charge is 0.444 e. The lowest BCUT2D eigenvalue weighted by Crippen LogP contribution is -2.50. The number of hydrogen-bond donors (Lipinski definition) is 0. The number of likely N-dealkylation sites (tertiary alicyclic amines) is 1. The van der Waals surface area contributed by atoms with Crippen molar-refractivity contribution in [3.8, 4) is 6.07 Å². The molecule has 2 aliphatic rings. The molecule has 1 aromatic rings. The third-order valence-corrected chi connectivity index (χ3v) is 4.20. The molecule has 2 saturated heterocycles. The van der Waals surface area contributed by atoms with Gasteiger partial charge in [0, 0.05) is 24.8 Å². The molecular weight excluding hydrogens is 278 g/mol. The topological polar surface area (TPSA) is 56.6 Å². The number of carbonyl (C=O) groups is 1. The number of hydrogen-bond acceptors (Lipinski definition) is 4. The lowest BCUT2D eigenvalue weighted by molar-refractivity contribution is 0.0215. The fourth-order valence-corrected chi connectivity index (χ4v) is 3.25. The molecule has 0 radical (unpaired) electrons. The summed E-state index contributed by atoms with van der Waals surface area (Å²) in [6.07, 6.45) is 0.777. The molecule has 2 heterocycles. The first-order valence-corrected chi connectivity index (χ1v) is 7.64. The summed E-state index contributed by atoms with van der Waals surface area (Å²) in [5.74, 6) is 0. The second kappa shape index (κ2) is 5.20. The van der Waals surface area contributed by atoms with Crippen LogP contribution in [0.3, 0.4) is 0 Å². The molecule has 1 amide bonds. The summed E-state index contributed by atoms with van der Waals surface area (Å²) in [5, 5.41) is 8.87. The highest BCUT2D eigenvalue weighted by atomic mass is 16.6. The molecule has 2 bridgehead atoms. The van der Waals surface area contributed by atoms with Gasteiger partial charge in [0.1, 0.15) is 5.60 Å². The minimum atomic E-state index is -0.453. The van der Waals surface area contributed by atoms with Gasteiger partial charge in [-0.3, -0.25) is 0 Å². The minimum absolute atomic E-state index is 0.209. The number of rotatable bonds is 1. The van der Waals surface area contributed by atoms with E-state index in [0.717, 1.165) is 18.7 Å². The number of amides is 1. The van der Waals surface area contributed by atoms with Crippen LogP contribution in [0.25, 0.3) is 0 Å². The van der Waals surface area contributed by atoms with Gasteiger partial charge in [-0.25, -0.2) is 4.79 Å². The van der Waals surface area contributed by atoms with Gasteiger partial charge in [-0.05, 0) is 51.5 Å². The summed E-state index contributed by atoms with van der Waals surface area (Å²) in [5.41, 5.74) is 1.34.